The van der Waals surface area contributed by atoms with Gasteiger partial charge in [0, 0.05) is 13.1 Å². The molecule has 0 bridgehead atoms. The van der Waals surface area contributed by atoms with Gasteiger partial charge >= 0.3 is 5.97 Å². The van der Waals surface area contributed by atoms with Gasteiger partial charge in [-0.25, -0.2) is 0 Å². The molecule has 0 saturated carbocycles. The normalized spacial score (nSPS) is 9.93. The van der Waals surface area contributed by atoms with Crippen LogP contribution in [0.3, 0.4) is 0 Å². The van der Waals surface area contributed by atoms with E-state index < -0.39 is 0 Å². The topological polar surface area (TPSA) is 29.5 Å². The largest absolute Gasteiger partial charge is 0.465 e. The van der Waals surface area contributed by atoms with Crippen molar-refractivity contribution in [2.24, 2.45) is 0 Å². The number of carbonyl (C=O) groups excluding carboxylic acids is 1. The fourth-order valence-electron chi connectivity index (χ4n) is 1.14. The van der Waals surface area contributed by atoms with E-state index in [1.165, 1.54) is 0 Å². The van der Waals surface area contributed by atoms with Crippen LogP contribution in [0, 0.1) is 0 Å². The molecule has 14 heavy (non-hydrogen) atoms. The van der Waals surface area contributed by atoms with E-state index in [1.54, 1.807) is 13.0 Å². The van der Waals surface area contributed by atoms with Crippen LogP contribution in [0.4, 0.5) is 0 Å². The number of nitrogens with zero attached hydrogens (tertiary/aromatic N) is 1. The van der Waals surface area contributed by atoms with Gasteiger partial charge in [-0.2, -0.15) is 0 Å². The van der Waals surface area contributed by atoms with Crippen molar-refractivity contribution < 1.29 is 9.53 Å². The minimum Gasteiger partial charge on any atom is -0.465 e. The zero-order valence-electron chi connectivity index (χ0n) is 9.08. The first kappa shape index (κ1) is 12.9. The van der Waals surface area contributed by atoms with Crippen LogP contribution in [0.15, 0.2) is 24.8 Å². The summed E-state index contributed by atoms with van der Waals surface area (Å²) < 4.78 is 4.86. The van der Waals surface area contributed by atoms with Crippen molar-refractivity contribution in [1.29, 1.82) is 0 Å². The molecule has 0 amide bonds. The second-order valence-electron chi connectivity index (χ2n) is 3.22. The van der Waals surface area contributed by atoms with E-state index in [2.05, 4.69) is 13.2 Å². The van der Waals surface area contributed by atoms with Crippen molar-refractivity contribution in [2.45, 2.75) is 13.8 Å². The fraction of sp³-hybridized carbons (Fsp3) is 0.545. The third-order valence-corrected chi connectivity index (χ3v) is 1.54. The zero-order valence-corrected chi connectivity index (χ0v) is 9.08. The quantitative estimate of drug-likeness (QED) is 0.459. The number of ether oxygens (including phenoxy) is 1. The minimum atomic E-state index is -0.199. The van der Waals surface area contributed by atoms with Gasteiger partial charge in [-0.1, -0.05) is 18.2 Å². The van der Waals surface area contributed by atoms with E-state index in [4.69, 9.17) is 4.74 Å². The number of hydrogen-bond donors (Lipinski definition) is 0. The highest BCUT2D eigenvalue weighted by Gasteiger charge is 2.09. The van der Waals surface area contributed by atoms with Crippen LogP contribution in [0.1, 0.15) is 13.8 Å². The molecule has 0 aromatic carbocycles. The van der Waals surface area contributed by atoms with Gasteiger partial charge in [-0.15, -0.1) is 6.58 Å². The van der Waals surface area contributed by atoms with Crippen molar-refractivity contribution in [1.82, 2.24) is 4.90 Å². The van der Waals surface area contributed by atoms with E-state index in [0.29, 0.717) is 26.2 Å². The number of carbonyl (C=O) groups is 1. The highest BCUT2D eigenvalue weighted by molar-refractivity contribution is 5.71. The zero-order chi connectivity index (χ0) is 11.0. The van der Waals surface area contributed by atoms with Crippen molar-refractivity contribution in [3.05, 3.63) is 24.8 Å². The van der Waals surface area contributed by atoms with Gasteiger partial charge in [0.2, 0.25) is 0 Å². The van der Waals surface area contributed by atoms with Gasteiger partial charge in [0.15, 0.2) is 0 Å². The molecule has 0 aromatic rings. The van der Waals surface area contributed by atoms with E-state index in [-0.39, 0.29) is 5.97 Å². The molecule has 0 aliphatic rings. The van der Waals surface area contributed by atoms with Crippen molar-refractivity contribution in [3.63, 3.8) is 0 Å². The van der Waals surface area contributed by atoms with Gasteiger partial charge in [0.25, 0.3) is 0 Å². The summed E-state index contributed by atoms with van der Waals surface area (Å²) >= 11 is 0. The van der Waals surface area contributed by atoms with Crippen molar-refractivity contribution >= 4 is 5.97 Å². The minimum absolute atomic E-state index is 0.199. The summed E-state index contributed by atoms with van der Waals surface area (Å²) in [6.07, 6.45) is 1.77. The van der Waals surface area contributed by atoms with Crippen molar-refractivity contribution in [3.8, 4) is 0 Å². The van der Waals surface area contributed by atoms with Gasteiger partial charge in [0.1, 0.15) is 0 Å². The molecule has 3 nitrogen and oxygen atoms in total. The number of esters is 1. The van der Waals surface area contributed by atoms with E-state index in [1.807, 2.05) is 11.8 Å². The van der Waals surface area contributed by atoms with Crippen LogP contribution in [-0.2, 0) is 9.53 Å². The van der Waals surface area contributed by atoms with Crippen LogP contribution in [0.2, 0.25) is 0 Å². The molecule has 0 saturated heterocycles. The molecule has 0 aliphatic heterocycles. The molecule has 0 atom stereocenters. The summed E-state index contributed by atoms with van der Waals surface area (Å²) in [6, 6.07) is 0. The Kier molecular flexibility index (Phi) is 6.76. The van der Waals surface area contributed by atoms with Gasteiger partial charge in [-0.05, 0) is 13.8 Å². The van der Waals surface area contributed by atoms with Gasteiger partial charge < -0.3 is 4.74 Å². The molecule has 0 rings (SSSR count). The number of rotatable bonds is 7. The lowest BCUT2D eigenvalue weighted by Crippen LogP contribution is -2.32. The summed E-state index contributed by atoms with van der Waals surface area (Å²) in [5.41, 5.74) is 1.02. The van der Waals surface area contributed by atoms with Crippen LogP contribution < -0.4 is 0 Å². The molecular formula is C11H19NO2. The molecule has 3 heteroatoms. The fourth-order valence-corrected chi connectivity index (χ4v) is 1.14. The smallest absolute Gasteiger partial charge is 0.320 e. The molecule has 0 spiro atoms. The second-order valence-corrected chi connectivity index (χ2v) is 3.22. The van der Waals surface area contributed by atoms with Gasteiger partial charge in [-0.3, -0.25) is 9.69 Å². The Morgan fingerprint density at radius 2 is 2.14 bits per heavy atom. The van der Waals surface area contributed by atoms with E-state index >= 15 is 0 Å². The SMILES string of the molecule is C=CCN(CC(=C)C)CC(=O)OCC. The molecule has 0 aliphatic carbocycles. The predicted molar refractivity (Wildman–Crippen MR) is 58.1 cm³/mol. The second kappa shape index (κ2) is 7.33. The molecule has 0 fully saturated rings. The average Bonchev–Trinajstić information content (AvgIpc) is 2.03. The highest BCUT2D eigenvalue weighted by atomic mass is 16.5. The lowest BCUT2D eigenvalue weighted by atomic mass is 10.3. The summed E-state index contributed by atoms with van der Waals surface area (Å²) in [7, 11) is 0. The Morgan fingerprint density at radius 3 is 2.57 bits per heavy atom. The first-order chi connectivity index (χ1) is 6.60. The first-order valence-corrected chi connectivity index (χ1v) is 4.73. The Labute approximate surface area is 86.0 Å². The maximum absolute atomic E-state index is 11.2. The van der Waals surface area contributed by atoms with Crippen LogP contribution >= 0.6 is 0 Å². The van der Waals surface area contributed by atoms with Crippen LogP contribution in [-0.4, -0.2) is 37.1 Å². The predicted octanol–water partition coefficient (Wildman–Crippen LogP) is 1.61. The molecule has 0 unspecified atom stereocenters. The molecule has 0 N–H and O–H groups in total. The summed E-state index contributed by atoms with van der Waals surface area (Å²) in [5.74, 6) is -0.199. The standard InChI is InChI=1S/C11H19NO2/c1-5-7-12(8-10(3)4)9-11(13)14-6-2/h5H,1,3,6-9H2,2,4H3. The molecule has 0 radical (unpaired) electrons. The lowest BCUT2D eigenvalue weighted by Gasteiger charge is -2.19. The van der Waals surface area contributed by atoms with Crippen LogP contribution in [0.5, 0.6) is 0 Å². The third-order valence-electron chi connectivity index (χ3n) is 1.54. The molecule has 0 aromatic heterocycles. The Balaban J connectivity index is 4.00. The monoisotopic (exact) mass is 197 g/mol. The van der Waals surface area contributed by atoms with E-state index in [9.17, 15) is 4.79 Å². The summed E-state index contributed by atoms with van der Waals surface area (Å²) in [5, 5.41) is 0. The van der Waals surface area contributed by atoms with Gasteiger partial charge in [0.05, 0.1) is 13.2 Å². The Morgan fingerprint density at radius 1 is 1.50 bits per heavy atom. The summed E-state index contributed by atoms with van der Waals surface area (Å²) in [4.78, 5) is 13.1. The Hall–Kier alpha value is -1.09. The maximum Gasteiger partial charge on any atom is 0.320 e. The lowest BCUT2D eigenvalue weighted by molar-refractivity contribution is -0.144. The molecule has 0 heterocycles. The average molecular weight is 197 g/mol. The summed E-state index contributed by atoms with van der Waals surface area (Å²) in [6.45, 7) is 13.3. The molecule has 80 valence electrons. The molecular weight excluding hydrogens is 178 g/mol. The maximum atomic E-state index is 11.2. The number of hydrogen-bond acceptors (Lipinski definition) is 3. The highest BCUT2D eigenvalue weighted by Crippen LogP contribution is 1.96. The first-order valence-electron chi connectivity index (χ1n) is 4.73. The Bertz CT molecular complexity index is 211. The third kappa shape index (κ3) is 6.43. The van der Waals surface area contributed by atoms with Crippen LogP contribution in [0.25, 0.3) is 0 Å². The van der Waals surface area contributed by atoms with Crippen molar-refractivity contribution in [2.75, 3.05) is 26.2 Å². The van der Waals surface area contributed by atoms with E-state index in [0.717, 1.165) is 5.57 Å².